The number of hydrogen-bond donors (Lipinski definition) is 0. The van der Waals surface area contributed by atoms with Crippen LogP contribution in [-0.2, 0) is 32.6 Å². The van der Waals surface area contributed by atoms with Crippen LogP contribution in [0.4, 0.5) is 0 Å². The topological polar surface area (TPSA) is 71.1 Å². The molecule has 0 aliphatic carbocycles. The van der Waals surface area contributed by atoms with E-state index < -0.39 is 26.2 Å². The summed E-state index contributed by atoms with van der Waals surface area (Å²) in [7, 11) is -3.64. The van der Waals surface area contributed by atoms with E-state index in [2.05, 4.69) is 0 Å². The van der Waals surface area contributed by atoms with E-state index in [1.165, 1.54) is 21.3 Å². The largest absolute Gasteiger partial charge is 0.366 e. The number of halogens is 1. The van der Waals surface area contributed by atoms with Gasteiger partial charge in [-0.3, -0.25) is 13.7 Å². The van der Waals surface area contributed by atoms with Gasteiger partial charge in [0.1, 0.15) is 0 Å². The highest BCUT2D eigenvalue weighted by Crippen LogP contribution is 2.82. The van der Waals surface area contributed by atoms with Crippen molar-refractivity contribution in [3.8, 4) is 0 Å². The Labute approximate surface area is 163 Å². The van der Waals surface area contributed by atoms with Crippen molar-refractivity contribution in [1.82, 2.24) is 0 Å². The standard InChI is InChI=1S/C18H21ClO6P2/c1-22-26(20)17(14-9-11-16(19)12-10-14)13-18(25-26,27(21,23-2)24-3)15-7-5-4-6-8-15/h4-12,17H,13H2,1-3H3. The van der Waals surface area contributed by atoms with Gasteiger partial charge in [0.05, 0.1) is 5.66 Å². The predicted octanol–water partition coefficient (Wildman–Crippen LogP) is 5.98. The van der Waals surface area contributed by atoms with E-state index in [9.17, 15) is 9.13 Å². The predicted molar refractivity (Wildman–Crippen MR) is 104 cm³/mol. The number of benzene rings is 2. The lowest BCUT2D eigenvalue weighted by molar-refractivity contribution is 0.104. The second-order valence-electron chi connectivity index (χ2n) is 6.10. The summed E-state index contributed by atoms with van der Waals surface area (Å²) in [6.07, 6.45) is 0.0999. The Hall–Kier alpha value is -0.970. The van der Waals surface area contributed by atoms with Crippen molar-refractivity contribution in [1.29, 1.82) is 0 Å². The molecule has 0 N–H and O–H groups in total. The first kappa shape index (κ1) is 20.8. The SMILES string of the molecule is COP1(=O)OC(c2ccccc2)(P(=O)(OC)OC)CC1c1ccc(Cl)cc1. The van der Waals surface area contributed by atoms with Crippen molar-refractivity contribution in [2.24, 2.45) is 0 Å². The van der Waals surface area contributed by atoms with E-state index in [1.807, 2.05) is 6.07 Å². The first-order chi connectivity index (χ1) is 12.8. The first-order valence-corrected chi connectivity index (χ1v) is 11.8. The maximum atomic E-state index is 13.6. The lowest BCUT2D eigenvalue weighted by Crippen LogP contribution is -2.26. The number of hydrogen-bond acceptors (Lipinski definition) is 6. The van der Waals surface area contributed by atoms with E-state index in [0.29, 0.717) is 16.1 Å². The smallest absolute Gasteiger partial charge is 0.311 e. The molecule has 2 aromatic carbocycles. The van der Waals surface area contributed by atoms with Crippen LogP contribution in [0.25, 0.3) is 0 Å². The summed E-state index contributed by atoms with van der Waals surface area (Å²) in [6, 6.07) is 15.8. The minimum Gasteiger partial charge on any atom is -0.311 e. The Kier molecular flexibility index (Phi) is 6.00. The van der Waals surface area contributed by atoms with E-state index in [1.54, 1.807) is 48.5 Å². The Balaban J connectivity index is 2.20. The number of rotatable bonds is 6. The fourth-order valence-corrected chi connectivity index (χ4v) is 8.09. The van der Waals surface area contributed by atoms with Crippen LogP contribution in [0, 0.1) is 0 Å². The van der Waals surface area contributed by atoms with Gasteiger partial charge >= 0.3 is 15.2 Å². The molecule has 27 heavy (non-hydrogen) atoms. The molecule has 1 aliphatic rings. The lowest BCUT2D eigenvalue weighted by atomic mass is 10.0. The summed E-state index contributed by atoms with van der Waals surface area (Å²) in [6.45, 7) is 0. The molecule has 3 unspecified atom stereocenters. The van der Waals surface area contributed by atoms with Crippen molar-refractivity contribution in [2.45, 2.75) is 17.4 Å². The van der Waals surface area contributed by atoms with Crippen molar-refractivity contribution < 1.29 is 27.2 Å². The Morgan fingerprint density at radius 1 is 1.07 bits per heavy atom. The molecule has 0 aromatic heterocycles. The molecule has 3 atom stereocenters. The van der Waals surface area contributed by atoms with Crippen LogP contribution in [0.3, 0.4) is 0 Å². The second kappa shape index (κ2) is 7.81. The summed E-state index contributed by atoms with van der Waals surface area (Å²) in [5.41, 5.74) is 0.602. The monoisotopic (exact) mass is 430 g/mol. The quantitative estimate of drug-likeness (QED) is 0.525. The third-order valence-corrected chi connectivity index (χ3v) is 9.88. The summed E-state index contributed by atoms with van der Waals surface area (Å²) < 4.78 is 49.0. The van der Waals surface area contributed by atoms with Crippen molar-refractivity contribution >= 4 is 26.8 Å². The third kappa shape index (κ3) is 3.45. The highest BCUT2D eigenvalue weighted by molar-refractivity contribution is 7.59. The second-order valence-corrected chi connectivity index (χ2v) is 11.2. The van der Waals surface area contributed by atoms with Gasteiger partial charge in [-0.15, -0.1) is 0 Å². The molecular weight excluding hydrogens is 410 g/mol. The molecule has 1 heterocycles. The van der Waals surface area contributed by atoms with Crippen molar-refractivity contribution in [3.63, 3.8) is 0 Å². The van der Waals surface area contributed by atoms with E-state index in [4.69, 9.17) is 29.7 Å². The molecule has 0 amide bonds. The fraction of sp³-hybridized carbons (Fsp3) is 0.333. The molecule has 0 spiro atoms. The maximum absolute atomic E-state index is 13.6. The molecule has 0 bridgehead atoms. The van der Waals surface area contributed by atoms with Crippen LogP contribution in [0.1, 0.15) is 23.2 Å². The van der Waals surface area contributed by atoms with Crippen LogP contribution >= 0.6 is 26.8 Å². The summed E-state index contributed by atoms with van der Waals surface area (Å²) in [5.74, 6) is 0. The normalized spacial score (nSPS) is 28.4. The molecule has 9 heteroatoms. The highest BCUT2D eigenvalue weighted by Gasteiger charge is 2.65. The molecule has 3 rings (SSSR count). The maximum Gasteiger partial charge on any atom is 0.366 e. The van der Waals surface area contributed by atoms with Crippen LogP contribution in [0.15, 0.2) is 54.6 Å². The Morgan fingerprint density at radius 3 is 2.19 bits per heavy atom. The first-order valence-electron chi connectivity index (χ1n) is 8.23. The average Bonchev–Trinajstić information content (AvgIpc) is 3.04. The van der Waals surface area contributed by atoms with E-state index in [0.717, 1.165) is 0 Å². The zero-order valence-corrected chi connectivity index (χ0v) is 17.7. The summed E-state index contributed by atoms with van der Waals surface area (Å²) >= 11 is 5.98. The summed E-state index contributed by atoms with van der Waals surface area (Å²) in [5, 5.41) is -1.01. The van der Waals surface area contributed by atoms with Gasteiger partial charge in [0.2, 0.25) is 5.34 Å². The van der Waals surface area contributed by atoms with Gasteiger partial charge in [0.15, 0.2) is 0 Å². The van der Waals surface area contributed by atoms with Crippen molar-refractivity contribution in [3.05, 3.63) is 70.7 Å². The molecule has 1 saturated heterocycles. The zero-order valence-electron chi connectivity index (χ0n) is 15.2. The molecule has 2 aromatic rings. The summed E-state index contributed by atoms with van der Waals surface area (Å²) in [4.78, 5) is 0. The molecule has 0 saturated carbocycles. The van der Waals surface area contributed by atoms with E-state index >= 15 is 0 Å². The minimum absolute atomic E-state index is 0.0999. The van der Waals surface area contributed by atoms with Crippen molar-refractivity contribution in [2.75, 3.05) is 21.3 Å². The van der Waals surface area contributed by atoms with Crippen LogP contribution in [0.5, 0.6) is 0 Å². The zero-order chi connectivity index (χ0) is 19.7. The van der Waals surface area contributed by atoms with Gasteiger partial charge in [0, 0.05) is 32.8 Å². The molecule has 1 fully saturated rings. The Bertz CT molecular complexity index is 880. The van der Waals surface area contributed by atoms with E-state index in [-0.39, 0.29) is 6.42 Å². The van der Waals surface area contributed by atoms with Gasteiger partial charge in [0.25, 0.3) is 0 Å². The highest BCUT2D eigenvalue weighted by atomic mass is 35.5. The minimum atomic E-state index is -3.84. The van der Waals surface area contributed by atoms with Gasteiger partial charge in [-0.05, 0) is 23.3 Å². The van der Waals surface area contributed by atoms with Gasteiger partial charge < -0.3 is 13.6 Å². The van der Waals surface area contributed by atoms with Gasteiger partial charge in [-0.2, -0.15) is 0 Å². The molecular formula is C18H21ClO6P2. The average molecular weight is 431 g/mol. The molecule has 0 radical (unpaired) electrons. The lowest BCUT2D eigenvalue weighted by Gasteiger charge is -2.33. The van der Waals surface area contributed by atoms with Gasteiger partial charge in [-0.25, -0.2) is 0 Å². The van der Waals surface area contributed by atoms with Crippen LogP contribution in [0.2, 0.25) is 5.02 Å². The van der Waals surface area contributed by atoms with Gasteiger partial charge in [-0.1, -0.05) is 54.1 Å². The third-order valence-electron chi connectivity index (χ3n) is 4.79. The fourth-order valence-electron chi connectivity index (χ4n) is 3.39. The Morgan fingerprint density at radius 2 is 1.67 bits per heavy atom. The van der Waals surface area contributed by atoms with Crippen LogP contribution < -0.4 is 0 Å². The molecule has 146 valence electrons. The molecule has 1 aliphatic heterocycles. The van der Waals surface area contributed by atoms with Crippen LogP contribution in [-0.4, -0.2) is 21.3 Å². The molecule has 6 nitrogen and oxygen atoms in total.